The SMILES string of the molecule is C=C(C)C1=NC(C)(C(=O)N[C@H](CCC)c2cc(OCC3CC3)cc(=O)o2)CS1.CCC[C@@H](NC(=O)C1(C)CSC(/C(C)=N/OCCCCOP(=O)(O)O)=N1)c1cc(OCC2CC2)cc(=O)o1.CCC[C@@H](NC(=O)C1(C)CSC(/C(C)=N/OCCCCOP(=O)(OC(C)(C)C)OC(C)(C)C)=N1)c1cc(OCC2CC2)cc(=O)o1. The molecule has 0 spiro atoms. The number of hydrogen-bond donors (Lipinski definition) is 5. The van der Waals surface area contributed by atoms with Crippen LogP contribution in [0.3, 0.4) is 0 Å². The Morgan fingerprint density at radius 2 is 0.830 bits per heavy atom. The zero-order valence-electron chi connectivity index (χ0n) is 67.4. The third-order valence-corrected chi connectivity index (χ3v) is 24.1. The number of thioether (sulfide) groups is 3. The van der Waals surface area contributed by atoms with Gasteiger partial charge in [-0.1, -0.05) is 56.9 Å². The summed E-state index contributed by atoms with van der Waals surface area (Å²) in [5.41, 5.74) is -3.87. The second-order valence-corrected chi connectivity index (χ2v) is 37.1. The van der Waals surface area contributed by atoms with Crippen molar-refractivity contribution in [2.24, 2.45) is 43.0 Å². The van der Waals surface area contributed by atoms with Crippen molar-refractivity contribution in [2.75, 3.05) is 63.5 Å². The molecular weight excluding hydrogens is 1550 g/mol. The summed E-state index contributed by atoms with van der Waals surface area (Å²) in [5.74, 6) is 4.89. The molecule has 3 aromatic heterocycles. The van der Waals surface area contributed by atoms with E-state index in [1.54, 1.807) is 87.4 Å². The summed E-state index contributed by atoms with van der Waals surface area (Å²) >= 11 is 4.36. The van der Waals surface area contributed by atoms with E-state index < -0.39 is 78.5 Å². The summed E-state index contributed by atoms with van der Waals surface area (Å²) in [6.45, 7) is 33.8. The number of aliphatic imine (C=N–C) groups is 3. The maximum absolute atomic E-state index is 13.5. The first-order chi connectivity index (χ1) is 52.7. The Labute approximate surface area is 669 Å². The zero-order chi connectivity index (χ0) is 82.2. The molecule has 3 saturated carbocycles. The van der Waals surface area contributed by atoms with Crippen LogP contribution in [0.4, 0.5) is 0 Å². The van der Waals surface area contributed by atoms with Gasteiger partial charge < -0.3 is 62.9 Å². The van der Waals surface area contributed by atoms with Crippen molar-refractivity contribution in [3.05, 3.63) is 97.1 Å². The Bertz CT molecular complexity index is 4120. The van der Waals surface area contributed by atoms with Crippen LogP contribution in [0.15, 0.2) is 101 Å². The molecule has 624 valence electrons. The Morgan fingerprint density at radius 3 is 1.12 bits per heavy atom. The zero-order valence-corrected chi connectivity index (χ0v) is 71.7. The molecule has 3 aliphatic heterocycles. The van der Waals surface area contributed by atoms with E-state index in [9.17, 15) is 37.9 Å². The van der Waals surface area contributed by atoms with Gasteiger partial charge >= 0.3 is 32.5 Å². The number of nitrogens with zero attached hydrogens (tertiary/aromatic N) is 5. The first-order valence-electron chi connectivity index (χ1n) is 38.5. The van der Waals surface area contributed by atoms with Crippen LogP contribution in [0.2, 0.25) is 0 Å². The molecule has 0 aromatic carbocycles. The molecule has 6 aliphatic rings. The number of amides is 3. The van der Waals surface area contributed by atoms with E-state index in [0.29, 0.717) is 162 Å². The van der Waals surface area contributed by atoms with E-state index in [-0.39, 0.29) is 37.5 Å². The molecule has 6 heterocycles. The topological polar surface area (TPSA) is 397 Å². The first kappa shape index (κ1) is 92.8. The minimum absolute atomic E-state index is 0.0768. The summed E-state index contributed by atoms with van der Waals surface area (Å²) in [7, 11) is -8.21. The molecule has 0 radical (unpaired) electrons. The van der Waals surface area contributed by atoms with Gasteiger partial charge in [-0.2, -0.15) is 0 Å². The fourth-order valence-corrected chi connectivity index (χ4v) is 16.4. The lowest BCUT2D eigenvalue weighted by Gasteiger charge is -2.30. The van der Waals surface area contributed by atoms with Crippen LogP contribution in [0.1, 0.15) is 242 Å². The van der Waals surface area contributed by atoms with Gasteiger partial charge in [-0.15, -0.1) is 35.3 Å². The fourth-order valence-electron chi connectivity index (χ4n) is 10.8. The van der Waals surface area contributed by atoms with Crippen LogP contribution in [-0.2, 0) is 51.3 Å². The van der Waals surface area contributed by atoms with Crippen molar-refractivity contribution in [3.8, 4) is 17.2 Å². The average Bonchev–Trinajstić information content (AvgIpc) is 1.76. The molecule has 9 rings (SSSR count). The van der Waals surface area contributed by atoms with E-state index in [0.717, 1.165) is 55.6 Å². The van der Waals surface area contributed by atoms with Gasteiger partial charge in [0.1, 0.15) is 85.9 Å². The molecular formula is C77H116N8O22P2S3. The van der Waals surface area contributed by atoms with Crippen LogP contribution in [0.5, 0.6) is 17.2 Å². The van der Waals surface area contributed by atoms with E-state index >= 15 is 0 Å². The van der Waals surface area contributed by atoms with Gasteiger partial charge in [0.05, 0.1) is 85.6 Å². The third-order valence-electron chi connectivity index (χ3n) is 17.4. The average molecular weight is 1660 g/mol. The summed E-state index contributed by atoms with van der Waals surface area (Å²) in [6, 6.07) is 7.71. The van der Waals surface area contributed by atoms with E-state index in [4.69, 9.17) is 65.5 Å². The molecule has 0 saturated heterocycles. The van der Waals surface area contributed by atoms with Crippen molar-refractivity contribution < 1.29 is 88.5 Å². The van der Waals surface area contributed by atoms with Crippen LogP contribution in [0, 0.1) is 17.8 Å². The van der Waals surface area contributed by atoms with Crippen LogP contribution in [-0.4, -0.2) is 145 Å². The molecule has 0 bridgehead atoms. The van der Waals surface area contributed by atoms with Crippen molar-refractivity contribution in [2.45, 2.75) is 253 Å². The number of phosphoric acid groups is 2. The molecule has 5 N–H and O–H groups in total. The van der Waals surface area contributed by atoms with Gasteiger partial charge in [-0.25, -0.2) is 23.5 Å². The van der Waals surface area contributed by atoms with Crippen LogP contribution < -0.4 is 47.0 Å². The molecule has 3 unspecified atom stereocenters. The summed E-state index contributed by atoms with van der Waals surface area (Å²) in [4.78, 5) is 118. The van der Waals surface area contributed by atoms with Crippen molar-refractivity contribution in [3.63, 3.8) is 0 Å². The van der Waals surface area contributed by atoms with E-state index in [1.165, 1.54) is 66.3 Å². The third kappa shape index (κ3) is 32.4. The molecule has 3 aromatic rings. The van der Waals surface area contributed by atoms with Crippen molar-refractivity contribution >= 4 is 95.2 Å². The number of carbonyl (C=O) groups is 3. The highest BCUT2D eigenvalue weighted by atomic mass is 32.2. The Kier molecular flexibility index (Phi) is 35.2. The lowest BCUT2D eigenvalue weighted by molar-refractivity contribution is -0.126. The smallest absolute Gasteiger partial charge is 0.475 e. The second-order valence-electron chi connectivity index (χ2n) is 31.4. The van der Waals surface area contributed by atoms with Crippen LogP contribution in [0.25, 0.3) is 0 Å². The van der Waals surface area contributed by atoms with Crippen LogP contribution >= 0.6 is 50.9 Å². The highest BCUT2D eigenvalue weighted by Crippen LogP contribution is 2.55. The number of rotatable bonds is 43. The first-order valence-corrected chi connectivity index (χ1v) is 44.4. The number of nitrogens with one attached hydrogen (secondary N) is 3. The van der Waals surface area contributed by atoms with Gasteiger partial charge in [0.15, 0.2) is 0 Å². The second kappa shape index (κ2) is 42.5. The standard InChI is InChI=1S/C32H52N3O9PS.C24H36N3O9PS.C21H28N2O4S/c1-10-13-25(26-18-24(19-27(36)42-26)39-20-23-14-15-23)33-29(37)32(9)21-46-28(34-32)22(2)35-40-16-11-12-17-41-45(38,43-30(3,4)5)44-31(6,7)8;1-4-7-19(20-12-18(13-21(28)36-20)33-14-17-8-9-17)25-23(29)24(3)15-38-22(26-24)16(2)27-34-10-5-6-11-35-37(30,31)32;1-5-6-16(22-20(25)21(4)12-28-19(23-21)13(2)3)17-9-15(10-18(24)27-17)26-11-14-7-8-14/h18-19,23,25H,10-17,20-21H2,1-9H3,(H,33,37);12-13,17,19H,4-11,14-15H2,1-3H3,(H,25,29)(H2,30,31,32);9-10,14,16H,2,5-8,11-12H2,1,3-4H3,(H,22,25)/b35-22+;27-16+;/t25-,32?;19-,24?;16-,21?/m111/s1. The molecule has 30 nitrogen and oxygen atoms in total. The van der Waals surface area contributed by atoms with Gasteiger partial charge in [-0.05, 0) is 190 Å². The maximum Gasteiger partial charge on any atom is 0.475 e. The molecule has 3 amide bonds. The summed E-state index contributed by atoms with van der Waals surface area (Å²) in [5, 5.41) is 19.3. The summed E-state index contributed by atoms with van der Waals surface area (Å²) in [6.07, 6.45) is 13.1. The van der Waals surface area contributed by atoms with Gasteiger partial charge in [0.2, 0.25) is 17.7 Å². The van der Waals surface area contributed by atoms with Gasteiger partial charge in [0, 0.05) is 35.5 Å². The lowest BCUT2D eigenvalue weighted by atomic mass is 10.0. The maximum atomic E-state index is 13.5. The normalized spacial score (nSPS) is 20.8. The highest BCUT2D eigenvalue weighted by Gasteiger charge is 2.44. The lowest BCUT2D eigenvalue weighted by Crippen LogP contribution is -2.45. The van der Waals surface area contributed by atoms with Crippen molar-refractivity contribution in [1.82, 2.24) is 16.0 Å². The molecule has 3 aliphatic carbocycles. The Balaban J connectivity index is 0.000000240. The highest BCUT2D eigenvalue weighted by molar-refractivity contribution is 8.16. The van der Waals surface area contributed by atoms with Gasteiger partial charge in [0.25, 0.3) is 0 Å². The van der Waals surface area contributed by atoms with Crippen molar-refractivity contribution in [1.29, 1.82) is 0 Å². The molecule has 6 atom stereocenters. The molecule has 112 heavy (non-hydrogen) atoms. The predicted octanol–water partition coefficient (Wildman–Crippen LogP) is 14.7. The fraction of sp³-hybridized carbons (Fsp3) is 0.675. The number of hydrogen-bond acceptors (Lipinski definition) is 28. The molecule has 35 heteroatoms. The van der Waals surface area contributed by atoms with Gasteiger partial charge in [-0.3, -0.25) is 47.5 Å². The van der Waals surface area contributed by atoms with E-state index in [1.807, 2.05) is 34.6 Å². The predicted molar refractivity (Wildman–Crippen MR) is 436 cm³/mol. The number of phosphoric ester groups is 2. The monoisotopic (exact) mass is 1660 g/mol. The number of unbranched alkanes of at least 4 members (excludes halogenated alkanes) is 2. The summed E-state index contributed by atoms with van der Waals surface area (Å²) < 4.78 is 78.6. The minimum atomic E-state index is -4.46. The quantitative estimate of drug-likeness (QED) is 0.0152. The van der Waals surface area contributed by atoms with E-state index in [2.05, 4.69) is 47.3 Å². The number of oxime groups is 2. The number of carbonyl (C=O) groups excluding carboxylic acids is 3. The number of ether oxygens (including phenoxy) is 3. The Hall–Kier alpha value is -6.38. The Morgan fingerprint density at radius 1 is 0.527 bits per heavy atom. The molecule has 3 fully saturated rings. The largest absolute Gasteiger partial charge is 0.493 e. The minimum Gasteiger partial charge on any atom is -0.493 e.